The van der Waals surface area contributed by atoms with Crippen molar-refractivity contribution < 1.29 is 14.5 Å². The van der Waals surface area contributed by atoms with Crippen LogP contribution in [0.15, 0.2) is 63.8 Å². The van der Waals surface area contributed by atoms with E-state index in [9.17, 15) is 9.79 Å². The molecule has 1 aromatic carbocycles. The Hall–Kier alpha value is -2.64. The zero-order chi connectivity index (χ0) is 23.9. The minimum absolute atomic E-state index is 0.303. The van der Waals surface area contributed by atoms with E-state index >= 15 is 0 Å². The van der Waals surface area contributed by atoms with Crippen molar-refractivity contribution in [1.82, 2.24) is 9.97 Å². The van der Waals surface area contributed by atoms with Crippen LogP contribution in [-0.2, 0) is 0 Å². The molecule has 2 aromatic heterocycles. The normalized spacial score (nSPS) is 19.7. The largest absolute Gasteiger partial charge is 0.463 e. The number of nitrogens with zero attached hydrogens (tertiary/aromatic N) is 3. The Morgan fingerprint density at radius 1 is 1.12 bits per heavy atom. The van der Waals surface area contributed by atoms with E-state index in [1.165, 1.54) is 23.2 Å². The van der Waals surface area contributed by atoms with E-state index in [2.05, 4.69) is 34.2 Å². The lowest BCUT2D eigenvalue weighted by Gasteiger charge is -2.32. The highest BCUT2D eigenvalue weighted by Crippen LogP contribution is 2.53. The van der Waals surface area contributed by atoms with Crippen molar-refractivity contribution >= 4 is 41.6 Å². The van der Waals surface area contributed by atoms with Crippen molar-refractivity contribution in [3.8, 4) is 5.88 Å². The molecular weight excluding hydrogens is 467 g/mol. The van der Waals surface area contributed by atoms with Gasteiger partial charge in [-0.15, -0.1) is 11.3 Å². The van der Waals surface area contributed by atoms with Gasteiger partial charge < -0.3 is 10.5 Å². The Morgan fingerprint density at radius 3 is 2.53 bits per heavy atom. The number of fused-ring (bicyclic) bond motifs is 1. The predicted octanol–water partition coefficient (Wildman–Crippen LogP) is 5.11. The van der Waals surface area contributed by atoms with Crippen molar-refractivity contribution in [2.45, 2.75) is 51.0 Å². The van der Waals surface area contributed by atoms with Gasteiger partial charge in [-0.2, -0.15) is 4.98 Å². The summed E-state index contributed by atoms with van der Waals surface area (Å²) in [4.78, 5) is 34.1. The Kier molecular flexibility index (Phi) is 6.02. The van der Waals surface area contributed by atoms with Crippen LogP contribution in [-0.4, -0.2) is 31.1 Å². The number of aromatic nitrogens is 2. The van der Waals surface area contributed by atoms with Gasteiger partial charge in [-0.1, -0.05) is 24.3 Å². The second-order valence-corrected chi connectivity index (χ2v) is 12.2. The van der Waals surface area contributed by atoms with E-state index in [0.29, 0.717) is 28.6 Å². The summed E-state index contributed by atoms with van der Waals surface area (Å²) in [7, 11) is -3.16. The maximum absolute atomic E-state index is 10.5. The first kappa shape index (κ1) is 23.1. The number of anilines is 1. The number of allylic oxidation sites excluding steroid dienone is 1. The van der Waals surface area contributed by atoms with Gasteiger partial charge in [-0.3, -0.25) is 0 Å². The van der Waals surface area contributed by atoms with Crippen molar-refractivity contribution in [1.29, 1.82) is 0 Å². The molecule has 0 amide bonds. The lowest BCUT2D eigenvalue weighted by molar-refractivity contribution is 0.171. The molecule has 5 rings (SSSR count). The van der Waals surface area contributed by atoms with Crippen molar-refractivity contribution in [3.05, 3.63) is 69.9 Å². The van der Waals surface area contributed by atoms with Gasteiger partial charge >= 0.3 is 7.72 Å². The van der Waals surface area contributed by atoms with Gasteiger partial charge in [0.05, 0.1) is 5.71 Å². The molecule has 1 saturated carbocycles. The molecule has 0 spiro atoms. The number of thiophene rings is 1. The highest BCUT2D eigenvalue weighted by molar-refractivity contribution is 7.75. The van der Waals surface area contributed by atoms with Gasteiger partial charge in [0.1, 0.15) is 17.7 Å². The molecule has 7 nitrogen and oxygen atoms in total. The second-order valence-electron chi connectivity index (χ2n) is 9.30. The van der Waals surface area contributed by atoms with Crippen molar-refractivity contribution in [3.63, 3.8) is 0 Å². The molecule has 9 heteroatoms. The summed E-state index contributed by atoms with van der Waals surface area (Å²) in [5.74, 6) is 2.88. The van der Waals surface area contributed by atoms with Crippen LogP contribution in [0, 0.1) is 0 Å². The summed E-state index contributed by atoms with van der Waals surface area (Å²) >= 11 is 1.48. The third-order valence-corrected chi connectivity index (χ3v) is 9.12. The fourth-order valence-corrected chi connectivity index (χ4v) is 7.28. The molecule has 0 unspecified atom stereocenters. The number of aliphatic imine (C=N–C) groups is 1. The van der Waals surface area contributed by atoms with Crippen LogP contribution in [0.4, 0.5) is 11.5 Å². The summed E-state index contributed by atoms with van der Waals surface area (Å²) in [5, 5.41) is 4.33. The molecule has 0 atom stereocenters. The predicted molar refractivity (Wildman–Crippen MR) is 138 cm³/mol. The summed E-state index contributed by atoms with van der Waals surface area (Å²) in [6.45, 7) is 3.94. The van der Waals surface area contributed by atoms with Crippen LogP contribution in [0.2, 0.25) is 0 Å². The lowest BCUT2D eigenvalue weighted by Crippen LogP contribution is -2.41. The second kappa shape index (κ2) is 8.86. The van der Waals surface area contributed by atoms with E-state index in [-0.39, 0.29) is 0 Å². The smallest absolute Gasteiger partial charge is 0.326 e. The highest BCUT2D eigenvalue weighted by Gasteiger charge is 2.37. The Bertz CT molecular complexity index is 1240. The fourth-order valence-electron chi connectivity index (χ4n) is 4.64. The van der Waals surface area contributed by atoms with Gasteiger partial charge in [0.15, 0.2) is 16.8 Å². The molecule has 1 fully saturated rings. The molecule has 0 radical (unpaired) electrons. The molecule has 2 aliphatic rings. The number of ether oxygens (including phenoxy) is 1. The first-order valence-corrected chi connectivity index (χ1v) is 14.0. The standard InChI is InChI=1S/C25H28N4O3PS/c1-25(2)22(29-21-23(26)27-15-28-24(21)32-25)19-9-7-18(8-10-19)17-5-3-16(4-6-17)13-33(30,31)20-11-12-34-14-20/h7-15,17,30-31H,3-6H2,1-2H3,(H2,26,27,28)/q+1. The van der Waals surface area contributed by atoms with E-state index in [1.807, 2.05) is 24.6 Å². The topological polar surface area (TPSA) is 114 Å². The quantitative estimate of drug-likeness (QED) is 0.434. The van der Waals surface area contributed by atoms with E-state index in [4.69, 9.17) is 15.5 Å². The van der Waals surface area contributed by atoms with E-state index in [1.54, 1.807) is 11.9 Å². The first-order valence-electron chi connectivity index (χ1n) is 11.3. The minimum Gasteiger partial charge on any atom is -0.463 e. The molecule has 3 heterocycles. The summed E-state index contributed by atoms with van der Waals surface area (Å²) < 4.78 is 6.09. The maximum Gasteiger partial charge on any atom is 0.326 e. The Morgan fingerprint density at radius 2 is 1.85 bits per heavy atom. The van der Waals surface area contributed by atoms with Crippen molar-refractivity contribution in [2.75, 3.05) is 5.73 Å². The number of hydrogen-bond donors (Lipinski definition) is 3. The lowest BCUT2D eigenvalue weighted by atomic mass is 9.81. The molecule has 3 aromatic rings. The fraction of sp³-hybridized carbons (Fsp3) is 0.320. The Labute approximate surface area is 203 Å². The molecule has 4 N–H and O–H groups in total. The maximum atomic E-state index is 10.5. The summed E-state index contributed by atoms with van der Waals surface area (Å²) in [5.41, 5.74) is 10.0. The van der Waals surface area contributed by atoms with Crippen LogP contribution in [0.25, 0.3) is 0 Å². The van der Waals surface area contributed by atoms with E-state index in [0.717, 1.165) is 42.5 Å². The molecule has 34 heavy (non-hydrogen) atoms. The number of benzene rings is 1. The number of rotatable bonds is 4. The third kappa shape index (κ3) is 4.51. The third-order valence-electron chi connectivity index (χ3n) is 6.49. The van der Waals surface area contributed by atoms with Gasteiger partial charge in [0.25, 0.3) is 0 Å². The summed E-state index contributed by atoms with van der Waals surface area (Å²) in [6.07, 6.45) is 5.12. The Balaban J connectivity index is 1.31. The minimum atomic E-state index is -3.16. The van der Waals surface area contributed by atoms with Gasteiger partial charge in [-0.05, 0) is 68.0 Å². The molecule has 0 bridgehead atoms. The van der Waals surface area contributed by atoms with Crippen LogP contribution >= 0.6 is 19.1 Å². The zero-order valence-electron chi connectivity index (χ0n) is 19.2. The SMILES string of the molecule is CC1(C)Oc2ncnc(N)c2N=C1c1ccc(C2CCC(=C[P+](O)(O)c3ccsc3)CC2)cc1. The summed E-state index contributed by atoms with van der Waals surface area (Å²) in [6, 6.07) is 10.3. The molecule has 1 aliphatic carbocycles. The number of hydrogen-bond acceptors (Lipinski definition) is 8. The first-order chi connectivity index (χ1) is 16.2. The molecule has 1 aliphatic heterocycles. The van der Waals surface area contributed by atoms with Gasteiger partial charge in [-0.25, -0.2) is 19.8 Å². The number of nitrogens with two attached hydrogens (primary N) is 1. The van der Waals surface area contributed by atoms with Crippen LogP contribution < -0.4 is 15.8 Å². The van der Waals surface area contributed by atoms with Crippen LogP contribution in [0.1, 0.15) is 56.6 Å². The van der Waals surface area contributed by atoms with Crippen molar-refractivity contribution in [2.24, 2.45) is 4.99 Å². The average Bonchev–Trinajstić information content (AvgIpc) is 3.35. The average molecular weight is 496 g/mol. The van der Waals surface area contributed by atoms with E-state index < -0.39 is 13.3 Å². The highest BCUT2D eigenvalue weighted by atomic mass is 32.1. The van der Waals surface area contributed by atoms with Gasteiger partial charge in [0, 0.05) is 10.9 Å². The monoisotopic (exact) mass is 495 g/mol. The molecule has 0 saturated heterocycles. The molecular formula is C25H28N4O3PS+. The van der Waals surface area contributed by atoms with Crippen LogP contribution in [0.3, 0.4) is 0 Å². The van der Waals surface area contributed by atoms with Crippen LogP contribution in [0.5, 0.6) is 5.88 Å². The zero-order valence-corrected chi connectivity index (χ0v) is 20.9. The van der Waals surface area contributed by atoms with Gasteiger partial charge in [0.2, 0.25) is 5.88 Å². The number of nitrogen functional groups attached to an aromatic ring is 1. The molecule has 176 valence electrons.